The van der Waals surface area contributed by atoms with Crippen LogP contribution in [0.5, 0.6) is 0 Å². The number of hydrogen-bond acceptors (Lipinski definition) is 3. The van der Waals surface area contributed by atoms with Gasteiger partial charge >= 0.3 is 0 Å². The van der Waals surface area contributed by atoms with Crippen LogP contribution < -0.4 is 16.0 Å². The van der Waals surface area contributed by atoms with Gasteiger partial charge in [-0.25, -0.2) is 0 Å². The number of hydrogen-bond donors (Lipinski definition) is 3. The quantitative estimate of drug-likeness (QED) is 0.347. The molecule has 0 saturated carbocycles. The van der Waals surface area contributed by atoms with Crippen LogP contribution in [0.1, 0.15) is 25.6 Å². The van der Waals surface area contributed by atoms with Crippen molar-refractivity contribution >= 4 is 63.1 Å². The summed E-state index contributed by atoms with van der Waals surface area (Å²) in [6, 6.07) is 4.05. The van der Waals surface area contributed by atoms with Crippen LogP contribution in [0.25, 0.3) is 0 Å². The second kappa shape index (κ2) is 9.62. The van der Waals surface area contributed by atoms with Crippen molar-refractivity contribution in [3.8, 4) is 0 Å². The van der Waals surface area contributed by atoms with E-state index in [1.807, 2.05) is 32.9 Å². The van der Waals surface area contributed by atoms with Crippen molar-refractivity contribution < 1.29 is 4.79 Å². The van der Waals surface area contributed by atoms with Crippen molar-refractivity contribution in [2.45, 2.75) is 32.9 Å². The average Bonchev–Trinajstić information content (AvgIpc) is 2.73. The molecule has 1 rings (SSSR count). The minimum absolute atomic E-state index is 0. The van der Waals surface area contributed by atoms with E-state index in [-0.39, 0.29) is 42.0 Å². The summed E-state index contributed by atoms with van der Waals surface area (Å²) in [7, 11) is 1.68. The first-order valence-electron chi connectivity index (χ1n) is 6.30. The molecule has 0 saturated heterocycles. The zero-order valence-electron chi connectivity index (χ0n) is 12.6. The lowest BCUT2D eigenvalue weighted by molar-refractivity contribution is -0.121. The molecule has 0 fully saturated rings. The molecular weight excluding hydrogens is 467 g/mol. The molecule has 0 atom stereocenters. The van der Waals surface area contributed by atoms with Crippen LogP contribution in [0.4, 0.5) is 0 Å². The fraction of sp³-hybridized carbons (Fsp3) is 0.538. The van der Waals surface area contributed by atoms with Gasteiger partial charge in [-0.15, -0.1) is 35.3 Å². The highest BCUT2D eigenvalue weighted by Gasteiger charge is 2.13. The average molecular weight is 489 g/mol. The Morgan fingerprint density at radius 1 is 1.33 bits per heavy atom. The Kier molecular flexibility index (Phi) is 9.46. The number of halogens is 2. The molecule has 0 radical (unpaired) electrons. The molecule has 1 aromatic rings. The first-order valence-corrected chi connectivity index (χ1v) is 7.91. The lowest BCUT2D eigenvalue weighted by Crippen LogP contribution is -2.48. The predicted octanol–water partition coefficient (Wildman–Crippen LogP) is 2.71. The van der Waals surface area contributed by atoms with E-state index in [1.165, 1.54) is 4.88 Å². The number of thiophene rings is 1. The monoisotopic (exact) mass is 488 g/mol. The van der Waals surface area contributed by atoms with E-state index < -0.39 is 0 Å². The zero-order valence-corrected chi connectivity index (χ0v) is 17.4. The second-order valence-corrected chi connectivity index (χ2v) is 7.83. The topological polar surface area (TPSA) is 65.5 Å². The molecule has 0 unspecified atom stereocenters. The van der Waals surface area contributed by atoms with Crippen LogP contribution in [0.15, 0.2) is 20.9 Å². The van der Waals surface area contributed by atoms with Crippen LogP contribution in [-0.4, -0.2) is 31.0 Å². The van der Waals surface area contributed by atoms with E-state index in [9.17, 15) is 4.79 Å². The van der Waals surface area contributed by atoms with E-state index in [1.54, 1.807) is 18.4 Å². The lowest BCUT2D eigenvalue weighted by Gasteiger charge is -2.21. The lowest BCUT2D eigenvalue weighted by atomic mass is 10.1. The number of guanidine groups is 1. The van der Waals surface area contributed by atoms with Gasteiger partial charge in [0.15, 0.2) is 5.96 Å². The van der Waals surface area contributed by atoms with Crippen molar-refractivity contribution in [1.82, 2.24) is 16.0 Å². The maximum absolute atomic E-state index is 11.7. The number of nitrogens with one attached hydrogen (secondary N) is 3. The highest BCUT2D eigenvalue weighted by Crippen LogP contribution is 2.21. The number of aliphatic imine (C=N–C) groups is 1. The minimum atomic E-state index is -0.223. The summed E-state index contributed by atoms with van der Waals surface area (Å²) < 4.78 is 1.10. The first kappa shape index (κ1) is 20.6. The third-order valence-electron chi connectivity index (χ3n) is 2.21. The number of nitrogens with zero attached hydrogens (tertiary/aromatic N) is 1. The van der Waals surface area contributed by atoms with Crippen LogP contribution in [0, 0.1) is 0 Å². The third kappa shape index (κ3) is 9.30. The van der Waals surface area contributed by atoms with E-state index in [0.29, 0.717) is 12.5 Å². The molecule has 0 aliphatic carbocycles. The van der Waals surface area contributed by atoms with Crippen LogP contribution in [0.3, 0.4) is 0 Å². The molecule has 0 aliphatic rings. The van der Waals surface area contributed by atoms with Crippen molar-refractivity contribution in [3.05, 3.63) is 20.8 Å². The Bertz CT molecular complexity index is 485. The largest absolute Gasteiger partial charge is 0.352 e. The Balaban J connectivity index is 0.00000400. The number of carbonyl (C=O) groups is 1. The summed E-state index contributed by atoms with van der Waals surface area (Å²) in [5.41, 5.74) is -0.223. The Labute approximate surface area is 155 Å². The van der Waals surface area contributed by atoms with E-state index in [0.717, 1.165) is 3.79 Å². The van der Waals surface area contributed by atoms with Gasteiger partial charge in [0, 0.05) is 17.5 Å². The fourth-order valence-electron chi connectivity index (χ4n) is 1.46. The van der Waals surface area contributed by atoms with Gasteiger partial charge in [0.1, 0.15) is 0 Å². The van der Waals surface area contributed by atoms with Crippen molar-refractivity contribution in [3.63, 3.8) is 0 Å². The molecule has 0 aliphatic heterocycles. The van der Waals surface area contributed by atoms with Gasteiger partial charge in [-0.3, -0.25) is 9.79 Å². The Morgan fingerprint density at radius 2 is 2.00 bits per heavy atom. The molecule has 5 nitrogen and oxygen atoms in total. The summed E-state index contributed by atoms with van der Waals surface area (Å²) in [5, 5.41) is 9.04. The fourth-order valence-corrected chi connectivity index (χ4v) is 2.89. The van der Waals surface area contributed by atoms with Crippen molar-refractivity contribution in [1.29, 1.82) is 0 Å². The van der Waals surface area contributed by atoms with Crippen molar-refractivity contribution in [2.24, 2.45) is 4.99 Å². The van der Waals surface area contributed by atoms with Crippen LogP contribution in [0.2, 0.25) is 0 Å². The molecule has 21 heavy (non-hydrogen) atoms. The highest BCUT2D eigenvalue weighted by atomic mass is 127. The van der Waals surface area contributed by atoms with Crippen LogP contribution in [-0.2, 0) is 11.3 Å². The summed E-state index contributed by atoms with van der Waals surface area (Å²) in [4.78, 5) is 17.0. The predicted molar refractivity (Wildman–Crippen MR) is 104 cm³/mol. The van der Waals surface area contributed by atoms with E-state index >= 15 is 0 Å². The molecule has 0 aromatic carbocycles. The molecule has 0 spiro atoms. The molecule has 3 N–H and O–H groups in total. The van der Waals surface area contributed by atoms with Gasteiger partial charge in [-0.2, -0.15) is 0 Å². The summed E-state index contributed by atoms with van der Waals surface area (Å²) in [5.74, 6) is 0.554. The molecule has 120 valence electrons. The minimum Gasteiger partial charge on any atom is -0.352 e. The summed E-state index contributed by atoms with van der Waals surface area (Å²) in [6.45, 7) is 6.73. The molecule has 8 heteroatoms. The van der Waals surface area contributed by atoms with E-state index in [2.05, 4.69) is 36.9 Å². The molecule has 1 amide bonds. The second-order valence-electron chi connectivity index (χ2n) is 5.28. The maximum atomic E-state index is 11.7. The Hall–Kier alpha value is -0.350. The third-order valence-corrected chi connectivity index (χ3v) is 3.84. The van der Waals surface area contributed by atoms with Gasteiger partial charge in [-0.1, -0.05) is 0 Å². The molecule has 0 bridgehead atoms. The number of rotatable bonds is 4. The number of amides is 1. The summed E-state index contributed by atoms with van der Waals surface area (Å²) >= 11 is 5.09. The zero-order chi connectivity index (χ0) is 15.2. The Morgan fingerprint density at radius 3 is 2.48 bits per heavy atom. The summed E-state index contributed by atoms with van der Waals surface area (Å²) in [6.07, 6.45) is 0. The van der Waals surface area contributed by atoms with Gasteiger partial charge in [0.05, 0.1) is 16.9 Å². The standard InChI is InChI=1S/C13H21BrN4OS.HI/c1-13(2,3)18-11(19)8-17-12(15-4)16-7-9-5-6-10(14)20-9;/h5-6H,7-8H2,1-4H3,(H,18,19)(H2,15,16,17);1H. The molecule has 1 aromatic heterocycles. The van der Waals surface area contributed by atoms with Crippen LogP contribution >= 0.6 is 51.2 Å². The van der Waals surface area contributed by atoms with E-state index in [4.69, 9.17) is 0 Å². The van der Waals surface area contributed by atoms with Gasteiger partial charge in [-0.05, 0) is 48.8 Å². The van der Waals surface area contributed by atoms with Gasteiger partial charge in [0.2, 0.25) is 5.91 Å². The smallest absolute Gasteiger partial charge is 0.239 e. The SMILES string of the molecule is CN=C(NCC(=O)NC(C)(C)C)NCc1ccc(Br)s1.I. The van der Waals surface area contributed by atoms with Crippen molar-refractivity contribution in [2.75, 3.05) is 13.6 Å². The molecule has 1 heterocycles. The van der Waals surface area contributed by atoms with Gasteiger partial charge in [0.25, 0.3) is 0 Å². The first-order chi connectivity index (χ1) is 9.30. The van der Waals surface area contributed by atoms with Gasteiger partial charge < -0.3 is 16.0 Å². The maximum Gasteiger partial charge on any atom is 0.239 e. The number of carbonyl (C=O) groups excluding carboxylic acids is 1. The normalized spacial score (nSPS) is 11.6. The highest BCUT2D eigenvalue weighted by molar-refractivity contribution is 14.0. The molecular formula is C13H22BrIN4OS.